The van der Waals surface area contributed by atoms with Crippen LogP contribution in [0.3, 0.4) is 0 Å². The maximum Gasteiger partial charge on any atom is 0.227 e. The molecule has 0 spiro atoms. The Labute approximate surface area is 113 Å². The quantitative estimate of drug-likeness (QED) is 0.819. The lowest BCUT2D eigenvalue weighted by Gasteiger charge is -2.13. The van der Waals surface area contributed by atoms with E-state index in [-0.39, 0.29) is 24.1 Å². The maximum absolute atomic E-state index is 13.8. The molecule has 0 heterocycles. The molecule has 3 nitrogen and oxygen atoms in total. The first kappa shape index (κ1) is 15.2. The number of carbonyl (C=O) groups is 1. The highest BCUT2D eigenvalue weighted by Crippen LogP contribution is 2.18. The van der Waals surface area contributed by atoms with Gasteiger partial charge in [-0.15, -0.1) is 0 Å². The van der Waals surface area contributed by atoms with Crippen molar-refractivity contribution in [1.82, 2.24) is 0 Å². The smallest absolute Gasteiger partial charge is 0.227 e. The lowest BCUT2D eigenvalue weighted by Crippen LogP contribution is -2.22. The summed E-state index contributed by atoms with van der Waals surface area (Å²) in [7, 11) is 0. The summed E-state index contributed by atoms with van der Waals surface area (Å²) in [6.45, 7) is 4.11. The van der Waals surface area contributed by atoms with E-state index in [1.54, 1.807) is 6.07 Å². The van der Waals surface area contributed by atoms with Gasteiger partial charge in [0, 0.05) is 11.5 Å². The molecule has 1 rings (SSSR count). The molecule has 102 valence electrons. The van der Waals surface area contributed by atoms with Crippen LogP contribution in [0.15, 0.2) is 18.2 Å². The highest BCUT2D eigenvalue weighted by Gasteiger charge is 2.15. The van der Waals surface area contributed by atoms with Crippen molar-refractivity contribution >= 4 is 11.6 Å². The van der Waals surface area contributed by atoms with Gasteiger partial charge in [-0.05, 0) is 31.0 Å². The number of hydrogen-bond acceptors (Lipinski definition) is 2. The number of hydrogen-bond donors (Lipinski definition) is 2. The fourth-order valence-corrected chi connectivity index (χ4v) is 1.74. The van der Waals surface area contributed by atoms with Gasteiger partial charge in [-0.1, -0.05) is 25.7 Å². The summed E-state index contributed by atoms with van der Waals surface area (Å²) in [5.41, 5.74) is 5.98. The van der Waals surface area contributed by atoms with Crippen LogP contribution in [0, 0.1) is 23.6 Å². The molecule has 3 N–H and O–H groups in total. The van der Waals surface area contributed by atoms with Crippen molar-refractivity contribution in [3.8, 4) is 11.8 Å². The minimum Gasteiger partial charge on any atom is -0.323 e. The average Bonchev–Trinajstić information content (AvgIpc) is 2.40. The van der Waals surface area contributed by atoms with E-state index in [4.69, 9.17) is 5.73 Å². The third-order valence-electron chi connectivity index (χ3n) is 2.92. The monoisotopic (exact) mass is 262 g/mol. The van der Waals surface area contributed by atoms with E-state index in [2.05, 4.69) is 17.2 Å². The van der Waals surface area contributed by atoms with Crippen LogP contribution in [0.1, 0.15) is 32.3 Å². The molecule has 0 aromatic heterocycles. The predicted molar refractivity (Wildman–Crippen MR) is 75.0 cm³/mol. The molecule has 0 aliphatic rings. The fraction of sp³-hybridized carbons (Fsp3) is 0.400. The van der Waals surface area contributed by atoms with Crippen LogP contribution in [0.5, 0.6) is 0 Å². The van der Waals surface area contributed by atoms with Crippen LogP contribution in [0.4, 0.5) is 10.1 Å². The number of benzene rings is 1. The minimum atomic E-state index is -0.483. The van der Waals surface area contributed by atoms with Gasteiger partial charge >= 0.3 is 0 Å². The summed E-state index contributed by atoms with van der Waals surface area (Å²) < 4.78 is 13.8. The molecule has 1 amide bonds. The van der Waals surface area contributed by atoms with Crippen molar-refractivity contribution in [3.05, 3.63) is 29.6 Å². The van der Waals surface area contributed by atoms with Crippen LogP contribution in [-0.4, -0.2) is 12.5 Å². The molecular formula is C15H19FN2O. The van der Waals surface area contributed by atoms with Crippen LogP contribution in [0.2, 0.25) is 0 Å². The topological polar surface area (TPSA) is 55.1 Å². The molecule has 0 atom stereocenters. The van der Waals surface area contributed by atoms with Crippen LogP contribution >= 0.6 is 0 Å². The zero-order valence-corrected chi connectivity index (χ0v) is 11.3. The van der Waals surface area contributed by atoms with E-state index in [1.807, 2.05) is 13.8 Å². The van der Waals surface area contributed by atoms with Crippen molar-refractivity contribution < 1.29 is 9.18 Å². The Balaban J connectivity index is 2.83. The van der Waals surface area contributed by atoms with Crippen molar-refractivity contribution in [2.24, 2.45) is 11.7 Å². The van der Waals surface area contributed by atoms with Gasteiger partial charge in [0.25, 0.3) is 0 Å². The zero-order valence-electron chi connectivity index (χ0n) is 11.3. The van der Waals surface area contributed by atoms with Crippen molar-refractivity contribution in [2.75, 3.05) is 11.9 Å². The number of carbonyl (C=O) groups excluding carboxylic acids is 1. The fourth-order valence-electron chi connectivity index (χ4n) is 1.74. The van der Waals surface area contributed by atoms with Gasteiger partial charge in [0.1, 0.15) is 5.82 Å². The summed E-state index contributed by atoms with van der Waals surface area (Å²) in [6, 6.07) is 4.48. The summed E-state index contributed by atoms with van der Waals surface area (Å²) in [5, 5.41) is 2.61. The highest BCUT2D eigenvalue weighted by atomic mass is 19.1. The average molecular weight is 262 g/mol. The molecule has 0 aliphatic carbocycles. The lowest BCUT2D eigenvalue weighted by atomic mass is 10.0. The lowest BCUT2D eigenvalue weighted by molar-refractivity contribution is -0.120. The van der Waals surface area contributed by atoms with E-state index in [0.717, 1.165) is 12.8 Å². The van der Waals surface area contributed by atoms with Gasteiger partial charge < -0.3 is 11.1 Å². The normalized spacial score (nSPS) is 9.95. The molecule has 0 unspecified atom stereocenters. The first-order valence-corrected chi connectivity index (χ1v) is 6.41. The molecule has 0 saturated heterocycles. The molecule has 0 fully saturated rings. The number of nitrogens with two attached hydrogens (primary N) is 1. The standard InChI is InChI=1S/C15H19FN2O/c1-3-12(4-2)15(19)18-14-8-7-11(6-5-9-17)10-13(14)16/h7-8,10,12H,3-4,9,17H2,1-2H3,(H,18,19). The van der Waals surface area contributed by atoms with Crippen LogP contribution in [-0.2, 0) is 4.79 Å². The third kappa shape index (κ3) is 4.38. The van der Waals surface area contributed by atoms with Crippen molar-refractivity contribution in [3.63, 3.8) is 0 Å². The molecule has 0 saturated carbocycles. The second-order valence-electron chi connectivity index (χ2n) is 4.20. The summed E-state index contributed by atoms with van der Waals surface area (Å²) in [6.07, 6.45) is 1.48. The zero-order chi connectivity index (χ0) is 14.3. The molecule has 0 aliphatic heterocycles. The Morgan fingerprint density at radius 2 is 2.11 bits per heavy atom. The van der Waals surface area contributed by atoms with Crippen molar-refractivity contribution in [1.29, 1.82) is 0 Å². The maximum atomic E-state index is 13.8. The minimum absolute atomic E-state index is 0.0869. The number of anilines is 1. The Morgan fingerprint density at radius 3 is 2.63 bits per heavy atom. The first-order valence-electron chi connectivity index (χ1n) is 6.41. The predicted octanol–water partition coefficient (Wildman–Crippen LogP) is 2.51. The number of amides is 1. The first-order chi connectivity index (χ1) is 9.12. The van der Waals surface area contributed by atoms with Crippen LogP contribution < -0.4 is 11.1 Å². The highest BCUT2D eigenvalue weighted by molar-refractivity contribution is 5.92. The van der Waals surface area contributed by atoms with Gasteiger partial charge in [0.15, 0.2) is 0 Å². The Bertz CT molecular complexity index is 499. The van der Waals surface area contributed by atoms with Crippen molar-refractivity contribution in [2.45, 2.75) is 26.7 Å². The summed E-state index contributed by atoms with van der Waals surface area (Å²) in [5.74, 6) is 4.68. The van der Waals surface area contributed by atoms with E-state index >= 15 is 0 Å². The molecule has 1 aromatic rings. The van der Waals surface area contributed by atoms with Gasteiger partial charge in [0.2, 0.25) is 5.91 Å². The SMILES string of the molecule is CCC(CC)C(=O)Nc1ccc(C#CCN)cc1F. The van der Waals surface area contributed by atoms with E-state index in [0.29, 0.717) is 5.56 Å². The molecule has 0 radical (unpaired) electrons. The Kier molecular flexibility index (Phi) is 6.04. The largest absolute Gasteiger partial charge is 0.323 e. The summed E-state index contributed by atoms with van der Waals surface area (Å²) in [4.78, 5) is 11.9. The number of rotatable bonds is 4. The second-order valence-corrected chi connectivity index (χ2v) is 4.20. The Morgan fingerprint density at radius 1 is 1.42 bits per heavy atom. The molecule has 19 heavy (non-hydrogen) atoms. The van der Waals surface area contributed by atoms with Gasteiger partial charge in [-0.25, -0.2) is 4.39 Å². The van der Waals surface area contributed by atoms with E-state index < -0.39 is 5.82 Å². The number of halogens is 1. The van der Waals surface area contributed by atoms with E-state index in [1.165, 1.54) is 12.1 Å². The summed E-state index contributed by atoms with van der Waals surface area (Å²) >= 11 is 0. The molecule has 1 aromatic carbocycles. The Hall–Kier alpha value is -1.86. The third-order valence-corrected chi connectivity index (χ3v) is 2.92. The number of nitrogens with one attached hydrogen (secondary N) is 1. The second kappa shape index (κ2) is 7.55. The van der Waals surface area contributed by atoms with Gasteiger partial charge in [0.05, 0.1) is 12.2 Å². The van der Waals surface area contributed by atoms with Gasteiger partial charge in [-0.2, -0.15) is 0 Å². The van der Waals surface area contributed by atoms with Crippen LogP contribution in [0.25, 0.3) is 0 Å². The molecule has 4 heteroatoms. The van der Waals surface area contributed by atoms with Gasteiger partial charge in [-0.3, -0.25) is 4.79 Å². The molecular weight excluding hydrogens is 243 g/mol. The molecule has 0 bridgehead atoms. The van der Waals surface area contributed by atoms with E-state index in [9.17, 15) is 9.18 Å².